The van der Waals surface area contributed by atoms with E-state index in [4.69, 9.17) is 44.9 Å². The second kappa shape index (κ2) is 10.3. The van der Waals surface area contributed by atoms with Crippen molar-refractivity contribution in [2.75, 3.05) is 24.9 Å². The van der Waals surface area contributed by atoms with E-state index in [0.717, 1.165) is 16.9 Å². The number of aromatic nitrogens is 2. The highest BCUT2D eigenvalue weighted by molar-refractivity contribution is 7.80. The Balaban J connectivity index is 1.74. The number of benzene rings is 1. The van der Waals surface area contributed by atoms with Gasteiger partial charge in [0.05, 0.1) is 26.3 Å². The summed E-state index contributed by atoms with van der Waals surface area (Å²) in [6.45, 7) is 2.08. The van der Waals surface area contributed by atoms with Crippen molar-refractivity contribution < 1.29 is 19.1 Å². The molecule has 0 saturated heterocycles. The van der Waals surface area contributed by atoms with E-state index in [9.17, 15) is 9.59 Å². The number of carbonyl (C=O) groups excluding carboxylic acids is 2. The summed E-state index contributed by atoms with van der Waals surface area (Å²) in [6.07, 6.45) is 1.76. The van der Waals surface area contributed by atoms with Crippen LogP contribution in [0.25, 0.3) is 0 Å². The van der Waals surface area contributed by atoms with Crippen LogP contribution in [-0.2, 0) is 16.0 Å². The van der Waals surface area contributed by atoms with Gasteiger partial charge in [-0.1, -0.05) is 29.3 Å². The molecule has 0 spiro atoms. The predicted molar refractivity (Wildman–Crippen MR) is 129 cm³/mol. The fraction of sp³-hybridized carbons (Fsp3) is 0.200. The number of ether oxygens (including phenoxy) is 2. The zero-order valence-corrected chi connectivity index (χ0v) is 20.3. The molecule has 0 amide bonds. The molecule has 2 heterocycles. The molecule has 0 aliphatic carbocycles. The molecule has 12 heteroatoms. The maximum Gasteiger partial charge on any atom is 0.348 e. The number of methoxy groups -OCH3 is 2. The number of rotatable bonds is 6. The summed E-state index contributed by atoms with van der Waals surface area (Å²) < 4.78 is 11.3. The predicted octanol–water partition coefficient (Wildman–Crippen LogP) is 4.99. The maximum atomic E-state index is 12.2. The van der Waals surface area contributed by atoms with Crippen molar-refractivity contribution in [2.45, 2.75) is 13.5 Å². The molecule has 8 nitrogen and oxygen atoms in total. The van der Waals surface area contributed by atoms with Crippen molar-refractivity contribution in [1.29, 1.82) is 0 Å². The SMILES string of the molecule is COC(=O)c1sc(NC(=S)Nc2ccn(Cc3ccc(Cl)cc3Cl)n2)c(C(=O)OC)c1C. The van der Waals surface area contributed by atoms with Gasteiger partial charge in [-0.2, -0.15) is 5.10 Å². The zero-order valence-electron chi connectivity index (χ0n) is 17.2. The lowest BCUT2D eigenvalue weighted by Crippen LogP contribution is -2.20. The van der Waals surface area contributed by atoms with Gasteiger partial charge < -0.3 is 20.1 Å². The van der Waals surface area contributed by atoms with Gasteiger partial charge in [-0.25, -0.2) is 9.59 Å². The number of nitrogens with one attached hydrogen (secondary N) is 2. The van der Waals surface area contributed by atoms with Gasteiger partial charge in [0.25, 0.3) is 0 Å². The van der Waals surface area contributed by atoms with Crippen LogP contribution in [0.2, 0.25) is 10.0 Å². The minimum atomic E-state index is -0.594. The van der Waals surface area contributed by atoms with Crippen molar-refractivity contribution in [3.05, 3.63) is 62.1 Å². The van der Waals surface area contributed by atoms with Crippen LogP contribution in [-0.4, -0.2) is 41.1 Å². The lowest BCUT2D eigenvalue weighted by molar-refractivity contribution is 0.0601. The Morgan fingerprint density at radius 2 is 1.88 bits per heavy atom. The van der Waals surface area contributed by atoms with Crippen LogP contribution in [0.4, 0.5) is 10.8 Å². The molecule has 0 aliphatic rings. The highest BCUT2D eigenvalue weighted by Gasteiger charge is 2.26. The largest absolute Gasteiger partial charge is 0.465 e. The van der Waals surface area contributed by atoms with Crippen LogP contribution in [0, 0.1) is 6.92 Å². The number of esters is 2. The van der Waals surface area contributed by atoms with Gasteiger partial charge in [0.15, 0.2) is 10.9 Å². The first-order valence-electron chi connectivity index (χ1n) is 9.08. The molecule has 168 valence electrons. The van der Waals surface area contributed by atoms with Gasteiger partial charge >= 0.3 is 11.9 Å². The Hall–Kier alpha value is -2.66. The number of nitrogens with zero attached hydrogens (tertiary/aromatic N) is 2. The quantitative estimate of drug-likeness (QED) is 0.352. The average molecular weight is 513 g/mol. The number of hydrogen-bond acceptors (Lipinski definition) is 7. The van der Waals surface area contributed by atoms with E-state index in [0.29, 0.717) is 33.0 Å². The summed E-state index contributed by atoms with van der Waals surface area (Å²) in [5.41, 5.74) is 1.52. The van der Waals surface area contributed by atoms with E-state index in [2.05, 4.69) is 15.7 Å². The first-order chi connectivity index (χ1) is 15.2. The molecule has 0 fully saturated rings. The molecule has 2 aromatic heterocycles. The van der Waals surface area contributed by atoms with Gasteiger partial charge in [-0.05, 0) is 42.4 Å². The van der Waals surface area contributed by atoms with Crippen LogP contribution in [0.15, 0.2) is 30.5 Å². The highest BCUT2D eigenvalue weighted by Crippen LogP contribution is 2.34. The summed E-state index contributed by atoms with van der Waals surface area (Å²) >= 11 is 18.6. The summed E-state index contributed by atoms with van der Waals surface area (Å²) in [6, 6.07) is 7.00. The van der Waals surface area contributed by atoms with Crippen molar-refractivity contribution in [3.8, 4) is 0 Å². The van der Waals surface area contributed by atoms with E-state index in [1.165, 1.54) is 14.2 Å². The number of halogens is 2. The molecular weight excluding hydrogens is 495 g/mol. The first-order valence-corrected chi connectivity index (χ1v) is 11.1. The van der Waals surface area contributed by atoms with Gasteiger partial charge in [-0.3, -0.25) is 4.68 Å². The molecule has 2 N–H and O–H groups in total. The minimum Gasteiger partial charge on any atom is -0.465 e. The molecular formula is C20H18Cl2N4O4S2. The van der Waals surface area contributed by atoms with Gasteiger partial charge in [0, 0.05) is 22.3 Å². The fourth-order valence-corrected chi connectivity index (χ4v) is 4.69. The van der Waals surface area contributed by atoms with Crippen LogP contribution in [0.5, 0.6) is 0 Å². The molecule has 0 radical (unpaired) electrons. The standard InChI is InChI=1S/C20H18Cl2N4O4S2/c1-10-15(18(27)29-2)17(32-16(10)19(28)30-3)24-20(31)23-14-6-7-26(25-14)9-11-4-5-12(21)8-13(11)22/h4-8H,9H2,1-3H3,(H2,23,24,25,31). The minimum absolute atomic E-state index is 0.183. The maximum absolute atomic E-state index is 12.2. The molecule has 3 aromatic rings. The normalized spacial score (nSPS) is 10.5. The Morgan fingerprint density at radius 3 is 2.53 bits per heavy atom. The monoisotopic (exact) mass is 512 g/mol. The molecule has 0 bridgehead atoms. The molecule has 0 unspecified atom stereocenters. The van der Waals surface area contributed by atoms with Gasteiger partial charge in [-0.15, -0.1) is 11.3 Å². The van der Waals surface area contributed by atoms with Crippen molar-refractivity contribution in [2.24, 2.45) is 0 Å². The second-order valence-electron chi connectivity index (χ2n) is 6.46. The third-order valence-electron chi connectivity index (χ3n) is 4.36. The van der Waals surface area contributed by atoms with E-state index in [-0.39, 0.29) is 15.6 Å². The van der Waals surface area contributed by atoms with Crippen LogP contribution in [0.3, 0.4) is 0 Å². The molecule has 0 aliphatic heterocycles. The smallest absolute Gasteiger partial charge is 0.348 e. The third-order valence-corrected chi connectivity index (χ3v) is 6.34. The summed E-state index contributed by atoms with van der Waals surface area (Å²) in [7, 11) is 2.53. The third kappa shape index (κ3) is 5.39. The zero-order chi connectivity index (χ0) is 23.4. The number of hydrogen-bond donors (Lipinski definition) is 2. The van der Waals surface area contributed by atoms with Crippen LogP contribution >= 0.6 is 46.8 Å². The van der Waals surface area contributed by atoms with E-state index in [1.54, 1.807) is 36.0 Å². The lowest BCUT2D eigenvalue weighted by Gasteiger charge is -2.09. The molecule has 32 heavy (non-hydrogen) atoms. The summed E-state index contributed by atoms with van der Waals surface area (Å²) in [5, 5.41) is 11.9. The number of anilines is 2. The van der Waals surface area contributed by atoms with Crippen molar-refractivity contribution in [3.63, 3.8) is 0 Å². The van der Waals surface area contributed by atoms with Gasteiger partial charge in [0.2, 0.25) is 0 Å². The topological polar surface area (TPSA) is 94.5 Å². The number of thiophene rings is 1. The molecule has 1 aromatic carbocycles. The number of carbonyl (C=O) groups is 2. The Bertz CT molecular complexity index is 1190. The Morgan fingerprint density at radius 1 is 1.16 bits per heavy atom. The molecule has 0 saturated carbocycles. The molecule has 3 rings (SSSR count). The second-order valence-corrected chi connectivity index (χ2v) is 8.73. The number of thiocarbonyl (C=S) groups is 1. The summed E-state index contributed by atoms with van der Waals surface area (Å²) in [4.78, 5) is 24.5. The van der Waals surface area contributed by atoms with E-state index < -0.39 is 11.9 Å². The van der Waals surface area contributed by atoms with E-state index in [1.807, 2.05) is 6.07 Å². The average Bonchev–Trinajstić information content (AvgIpc) is 3.32. The van der Waals surface area contributed by atoms with Crippen LogP contribution in [0.1, 0.15) is 31.2 Å². The Labute approximate surface area is 203 Å². The van der Waals surface area contributed by atoms with E-state index >= 15 is 0 Å². The fourth-order valence-electron chi connectivity index (χ4n) is 2.83. The van der Waals surface area contributed by atoms with Crippen molar-refractivity contribution in [1.82, 2.24) is 9.78 Å². The molecule has 0 atom stereocenters. The van der Waals surface area contributed by atoms with Crippen LogP contribution < -0.4 is 10.6 Å². The van der Waals surface area contributed by atoms with Gasteiger partial charge in [0.1, 0.15) is 9.88 Å². The summed E-state index contributed by atoms with van der Waals surface area (Å²) in [5.74, 6) is -0.666. The van der Waals surface area contributed by atoms with Crippen molar-refractivity contribution >= 4 is 74.6 Å². The first kappa shape index (κ1) is 24.0. The lowest BCUT2D eigenvalue weighted by atomic mass is 10.1. The highest BCUT2D eigenvalue weighted by atomic mass is 35.5. The Kier molecular flexibility index (Phi) is 7.73.